The second kappa shape index (κ2) is 4.55. The molecule has 17 heavy (non-hydrogen) atoms. The second-order valence-electron chi connectivity index (χ2n) is 4.58. The van der Waals surface area contributed by atoms with E-state index in [1.54, 1.807) is 0 Å². The summed E-state index contributed by atoms with van der Waals surface area (Å²) in [5.41, 5.74) is 1.04. The Labute approximate surface area is 106 Å². The van der Waals surface area contributed by atoms with Crippen LogP contribution in [-0.2, 0) is 23.0 Å². The van der Waals surface area contributed by atoms with Crippen molar-refractivity contribution in [2.24, 2.45) is 0 Å². The van der Waals surface area contributed by atoms with Crippen LogP contribution < -0.4 is 4.72 Å². The molecule has 0 amide bonds. The van der Waals surface area contributed by atoms with Gasteiger partial charge in [-0.15, -0.1) is 0 Å². The highest BCUT2D eigenvalue weighted by Gasteiger charge is 2.22. The molecule has 1 aromatic rings. The minimum atomic E-state index is -3.22. The van der Waals surface area contributed by atoms with Gasteiger partial charge in [0.1, 0.15) is 0 Å². The number of aromatic nitrogens is 1. The summed E-state index contributed by atoms with van der Waals surface area (Å²) in [7, 11) is -3.22. The van der Waals surface area contributed by atoms with Crippen molar-refractivity contribution in [2.75, 3.05) is 17.5 Å². The largest absolute Gasteiger partial charge is 0.295 e. The van der Waals surface area contributed by atoms with Gasteiger partial charge in [0.2, 0.25) is 10.0 Å². The van der Waals surface area contributed by atoms with E-state index in [-0.39, 0.29) is 0 Å². The molecule has 1 aromatic heterocycles. The molecule has 96 valence electrons. The molecule has 0 radical (unpaired) electrons. The summed E-state index contributed by atoms with van der Waals surface area (Å²) in [6.07, 6.45) is 2.04. The van der Waals surface area contributed by atoms with Crippen LogP contribution in [0.15, 0.2) is 0 Å². The maximum absolute atomic E-state index is 11.1. The van der Waals surface area contributed by atoms with Gasteiger partial charge in [0, 0.05) is 30.4 Å². The number of rotatable bonds is 3. The molecule has 0 spiro atoms. The SMILES string of the molecule is CC(C)N1CCc2nc(NS(C)(=O)=O)sc2C1. The van der Waals surface area contributed by atoms with Gasteiger partial charge in [0.25, 0.3) is 0 Å². The van der Waals surface area contributed by atoms with Crippen molar-refractivity contribution in [2.45, 2.75) is 32.9 Å². The molecule has 0 saturated heterocycles. The van der Waals surface area contributed by atoms with E-state index >= 15 is 0 Å². The van der Waals surface area contributed by atoms with Crippen LogP contribution in [0.25, 0.3) is 0 Å². The molecule has 0 saturated carbocycles. The summed E-state index contributed by atoms with van der Waals surface area (Å²) in [4.78, 5) is 7.87. The molecular formula is C10H17N3O2S2. The lowest BCUT2D eigenvalue weighted by Gasteiger charge is -2.29. The van der Waals surface area contributed by atoms with Crippen LogP contribution in [0, 0.1) is 0 Å². The van der Waals surface area contributed by atoms with Gasteiger partial charge in [-0.1, -0.05) is 11.3 Å². The summed E-state index contributed by atoms with van der Waals surface area (Å²) in [6.45, 7) is 6.20. The molecule has 0 bridgehead atoms. The summed E-state index contributed by atoms with van der Waals surface area (Å²) < 4.78 is 24.7. The van der Waals surface area contributed by atoms with Crippen LogP contribution in [0.3, 0.4) is 0 Å². The van der Waals surface area contributed by atoms with E-state index < -0.39 is 10.0 Å². The summed E-state index contributed by atoms with van der Waals surface area (Å²) in [6, 6.07) is 0.511. The summed E-state index contributed by atoms with van der Waals surface area (Å²) >= 11 is 1.44. The predicted molar refractivity (Wildman–Crippen MR) is 69.8 cm³/mol. The van der Waals surface area contributed by atoms with Gasteiger partial charge in [-0.25, -0.2) is 13.4 Å². The first kappa shape index (κ1) is 12.8. The normalized spacial score (nSPS) is 17.2. The van der Waals surface area contributed by atoms with Crippen molar-refractivity contribution >= 4 is 26.5 Å². The molecule has 1 N–H and O–H groups in total. The first-order valence-corrected chi connectivity index (χ1v) is 8.26. The average molecular weight is 275 g/mol. The Morgan fingerprint density at radius 1 is 1.47 bits per heavy atom. The Morgan fingerprint density at radius 3 is 2.76 bits per heavy atom. The predicted octanol–water partition coefficient (Wildman–Crippen LogP) is 1.28. The highest BCUT2D eigenvalue weighted by atomic mass is 32.2. The fourth-order valence-electron chi connectivity index (χ4n) is 1.86. The Hall–Kier alpha value is -0.660. The molecule has 0 fully saturated rings. The molecule has 0 aliphatic carbocycles. The summed E-state index contributed by atoms with van der Waals surface area (Å²) in [5.74, 6) is 0. The quantitative estimate of drug-likeness (QED) is 0.902. The van der Waals surface area contributed by atoms with E-state index in [9.17, 15) is 8.42 Å². The Morgan fingerprint density at radius 2 is 2.18 bits per heavy atom. The van der Waals surface area contributed by atoms with Gasteiger partial charge in [-0.2, -0.15) is 0 Å². The third kappa shape index (κ3) is 3.17. The fourth-order valence-corrected chi connectivity index (χ4v) is 3.73. The number of nitrogens with zero attached hydrogens (tertiary/aromatic N) is 2. The minimum absolute atomic E-state index is 0.489. The zero-order valence-corrected chi connectivity index (χ0v) is 11.9. The zero-order valence-electron chi connectivity index (χ0n) is 10.2. The van der Waals surface area contributed by atoms with E-state index in [4.69, 9.17) is 0 Å². The highest BCUT2D eigenvalue weighted by molar-refractivity contribution is 7.92. The molecule has 5 nitrogen and oxygen atoms in total. The Bertz CT molecular complexity index is 508. The smallest absolute Gasteiger partial charge is 0.231 e. The maximum atomic E-state index is 11.1. The van der Waals surface area contributed by atoms with Crippen molar-refractivity contribution in [1.29, 1.82) is 0 Å². The van der Waals surface area contributed by atoms with Gasteiger partial charge < -0.3 is 0 Å². The number of fused-ring (bicyclic) bond motifs is 1. The molecule has 2 heterocycles. The van der Waals surface area contributed by atoms with Crippen molar-refractivity contribution in [3.05, 3.63) is 10.6 Å². The van der Waals surface area contributed by atoms with Gasteiger partial charge in [-0.05, 0) is 13.8 Å². The lowest BCUT2D eigenvalue weighted by molar-refractivity contribution is 0.205. The fraction of sp³-hybridized carbons (Fsp3) is 0.700. The van der Waals surface area contributed by atoms with Gasteiger partial charge in [-0.3, -0.25) is 9.62 Å². The van der Waals surface area contributed by atoms with Crippen LogP contribution >= 0.6 is 11.3 Å². The van der Waals surface area contributed by atoms with Crippen LogP contribution in [0.2, 0.25) is 0 Å². The standard InChI is InChI=1S/C10H17N3O2S2/c1-7(2)13-5-4-8-9(6-13)16-10(11-8)12-17(3,14)15/h7H,4-6H2,1-3H3,(H,11,12). The zero-order chi connectivity index (χ0) is 12.6. The van der Waals surface area contributed by atoms with E-state index in [0.717, 1.165) is 31.5 Å². The van der Waals surface area contributed by atoms with Crippen LogP contribution in [0.5, 0.6) is 0 Å². The Kier molecular flexibility index (Phi) is 3.42. The monoisotopic (exact) mass is 275 g/mol. The van der Waals surface area contributed by atoms with Gasteiger partial charge >= 0.3 is 0 Å². The molecule has 7 heteroatoms. The average Bonchev–Trinajstić information content (AvgIpc) is 2.54. The van der Waals surface area contributed by atoms with Crippen LogP contribution in [-0.4, -0.2) is 37.1 Å². The third-order valence-corrected chi connectivity index (χ3v) is 4.45. The summed E-state index contributed by atoms with van der Waals surface area (Å²) in [5, 5.41) is 0.489. The minimum Gasteiger partial charge on any atom is -0.295 e. The molecule has 0 atom stereocenters. The number of hydrogen-bond donors (Lipinski definition) is 1. The van der Waals surface area contributed by atoms with Crippen molar-refractivity contribution in [1.82, 2.24) is 9.88 Å². The van der Waals surface area contributed by atoms with Crippen LogP contribution in [0.1, 0.15) is 24.4 Å². The third-order valence-electron chi connectivity index (χ3n) is 2.76. The van der Waals surface area contributed by atoms with Gasteiger partial charge in [0.15, 0.2) is 5.13 Å². The van der Waals surface area contributed by atoms with E-state index in [2.05, 4.69) is 28.5 Å². The number of hydrogen-bond acceptors (Lipinski definition) is 5. The van der Waals surface area contributed by atoms with E-state index in [0.29, 0.717) is 11.2 Å². The lowest BCUT2D eigenvalue weighted by Crippen LogP contribution is -2.35. The molecular weight excluding hydrogens is 258 g/mol. The highest BCUT2D eigenvalue weighted by Crippen LogP contribution is 2.29. The number of sulfonamides is 1. The van der Waals surface area contributed by atoms with Crippen molar-refractivity contribution < 1.29 is 8.42 Å². The van der Waals surface area contributed by atoms with Crippen LogP contribution in [0.4, 0.5) is 5.13 Å². The molecule has 1 aliphatic rings. The number of nitrogens with one attached hydrogen (secondary N) is 1. The first-order chi connectivity index (χ1) is 7.85. The van der Waals surface area contributed by atoms with Crippen molar-refractivity contribution in [3.63, 3.8) is 0 Å². The second-order valence-corrected chi connectivity index (χ2v) is 7.41. The molecule has 2 rings (SSSR count). The molecule has 0 unspecified atom stereocenters. The van der Waals surface area contributed by atoms with Crippen molar-refractivity contribution in [3.8, 4) is 0 Å². The number of anilines is 1. The number of thiazole rings is 1. The maximum Gasteiger partial charge on any atom is 0.231 e. The molecule has 1 aliphatic heterocycles. The Balaban J connectivity index is 2.17. The topological polar surface area (TPSA) is 62.3 Å². The molecule has 0 aromatic carbocycles. The van der Waals surface area contributed by atoms with E-state index in [1.165, 1.54) is 16.2 Å². The first-order valence-electron chi connectivity index (χ1n) is 5.55. The lowest BCUT2D eigenvalue weighted by atomic mass is 10.1. The van der Waals surface area contributed by atoms with E-state index in [1.807, 2.05) is 0 Å². The van der Waals surface area contributed by atoms with Gasteiger partial charge in [0.05, 0.1) is 11.9 Å².